The fourth-order valence-electron chi connectivity index (χ4n) is 2.75. The fraction of sp³-hybridized carbons (Fsp3) is 0.421. The average Bonchev–Trinajstić information content (AvgIpc) is 2.93. The molecule has 1 aliphatic heterocycles. The lowest BCUT2D eigenvalue weighted by molar-refractivity contribution is -0.144. The monoisotopic (exact) mass is 374 g/mol. The van der Waals surface area contributed by atoms with Crippen molar-refractivity contribution in [1.29, 1.82) is 0 Å². The zero-order valence-electron chi connectivity index (χ0n) is 15.4. The Kier molecular flexibility index (Phi) is 5.27. The lowest BCUT2D eigenvalue weighted by Crippen LogP contribution is -2.42. The molecule has 7 heteroatoms. The van der Waals surface area contributed by atoms with Gasteiger partial charge in [0, 0.05) is 10.4 Å². The van der Waals surface area contributed by atoms with Gasteiger partial charge in [-0.1, -0.05) is 13.8 Å². The molecule has 0 atom stereocenters. The summed E-state index contributed by atoms with van der Waals surface area (Å²) in [5.74, 6) is 0.136. The smallest absolute Gasteiger partial charge is 0.326 e. The molecule has 0 bridgehead atoms. The summed E-state index contributed by atoms with van der Waals surface area (Å²) in [7, 11) is 0. The minimum atomic E-state index is -0.425. The van der Waals surface area contributed by atoms with E-state index in [1.165, 1.54) is 4.90 Å². The first-order chi connectivity index (χ1) is 12.3. The fourth-order valence-corrected chi connectivity index (χ4v) is 3.59. The lowest BCUT2D eigenvalue weighted by atomic mass is 10.1. The Morgan fingerprint density at radius 2 is 2.15 bits per heavy atom. The van der Waals surface area contributed by atoms with Crippen molar-refractivity contribution < 1.29 is 19.1 Å². The molecule has 2 aromatic rings. The van der Waals surface area contributed by atoms with Crippen molar-refractivity contribution >= 4 is 28.9 Å². The molecule has 0 N–H and O–H groups in total. The summed E-state index contributed by atoms with van der Waals surface area (Å²) in [6, 6.07) is 5.59. The van der Waals surface area contributed by atoms with Crippen molar-refractivity contribution in [1.82, 2.24) is 4.98 Å². The number of esters is 1. The van der Waals surface area contributed by atoms with E-state index in [0.29, 0.717) is 18.0 Å². The van der Waals surface area contributed by atoms with Gasteiger partial charge in [0.2, 0.25) is 0 Å². The third-order valence-electron chi connectivity index (χ3n) is 3.94. The van der Waals surface area contributed by atoms with Gasteiger partial charge in [0.1, 0.15) is 12.3 Å². The van der Waals surface area contributed by atoms with Gasteiger partial charge in [-0.15, -0.1) is 11.3 Å². The number of thiazole rings is 1. The van der Waals surface area contributed by atoms with Crippen molar-refractivity contribution in [3.63, 3.8) is 0 Å². The van der Waals surface area contributed by atoms with Crippen molar-refractivity contribution in [2.75, 3.05) is 24.7 Å². The van der Waals surface area contributed by atoms with Gasteiger partial charge >= 0.3 is 5.97 Å². The predicted molar refractivity (Wildman–Crippen MR) is 101 cm³/mol. The molecule has 3 rings (SSSR count). The maximum Gasteiger partial charge on any atom is 0.326 e. The average molecular weight is 374 g/mol. The molecule has 0 spiro atoms. The second kappa shape index (κ2) is 7.45. The van der Waals surface area contributed by atoms with E-state index in [1.54, 1.807) is 11.3 Å². The number of benzene rings is 1. The Hall–Kier alpha value is -2.41. The summed E-state index contributed by atoms with van der Waals surface area (Å²) in [4.78, 5) is 31.5. The molecule has 26 heavy (non-hydrogen) atoms. The molecule has 0 unspecified atom stereocenters. The molecule has 1 aromatic carbocycles. The first-order valence-electron chi connectivity index (χ1n) is 8.52. The van der Waals surface area contributed by atoms with Crippen LogP contribution >= 0.6 is 11.3 Å². The van der Waals surface area contributed by atoms with Crippen LogP contribution in [-0.4, -0.2) is 36.6 Å². The largest absolute Gasteiger partial charge is 0.482 e. The highest BCUT2D eigenvalue weighted by molar-refractivity contribution is 7.11. The molecule has 0 saturated heterocycles. The number of ether oxygens (including phenoxy) is 2. The minimum Gasteiger partial charge on any atom is -0.482 e. The SMILES string of the molecule is Cc1nc(-c2ccc3c(c2)N(CC(=O)OCC(C)C)C(=O)CO3)c(C)s1. The van der Waals surface area contributed by atoms with Crippen LogP contribution in [0.25, 0.3) is 11.3 Å². The van der Waals surface area contributed by atoms with E-state index in [-0.39, 0.29) is 25.0 Å². The number of anilines is 1. The third-order valence-corrected chi connectivity index (χ3v) is 4.83. The number of rotatable bonds is 5. The number of amides is 1. The quantitative estimate of drug-likeness (QED) is 0.751. The topological polar surface area (TPSA) is 68.7 Å². The molecule has 138 valence electrons. The van der Waals surface area contributed by atoms with E-state index in [1.807, 2.05) is 45.9 Å². The predicted octanol–water partition coefficient (Wildman–Crippen LogP) is 3.35. The first-order valence-corrected chi connectivity index (χ1v) is 9.34. The molecule has 2 heterocycles. The summed E-state index contributed by atoms with van der Waals surface area (Å²) in [5, 5.41) is 0.983. The summed E-state index contributed by atoms with van der Waals surface area (Å²) < 4.78 is 10.7. The van der Waals surface area contributed by atoms with Gasteiger partial charge in [-0.2, -0.15) is 0 Å². The highest BCUT2D eigenvalue weighted by Crippen LogP contribution is 2.37. The van der Waals surface area contributed by atoms with Gasteiger partial charge in [0.05, 0.1) is 23.0 Å². The van der Waals surface area contributed by atoms with Crippen LogP contribution in [-0.2, 0) is 14.3 Å². The third kappa shape index (κ3) is 3.88. The summed E-state index contributed by atoms with van der Waals surface area (Å²) in [6.07, 6.45) is 0. The number of hydrogen-bond acceptors (Lipinski definition) is 6. The standard InChI is InChI=1S/C19H22N2O4S/c1-11(2)9-25-18(23)8-21-15-7-14(19-12(3)26-13(4)20-19)5-6-16(15)24-10-17(21)22/h5-7,11H,8-10H2,1-4H3. The van der Waals surface area contributed by atoms with Crippen LogP contribution in [0.4, 0.5) is 5.69 Å². The second-order valence-corrected chi connectivity index (χ2v) is 8.07. The zero-order valence-corrected chi connectivity index (χ0v) is 16.2. The Morgan fingerprint density at radius 1 is 1.38 bits per heavy atom. The molecule has 0 aliphatic carbocycles. The van der Waals surface area contributed by atoms with Gasteiger partial charge in [0.25, 0.3) is 5.91 Å². The van der Waals surface area contributed by atoms with Crippen molar-refractivity contribution in [3.8, 4) is 17.0 Å². The molecule has 1 aromatic heterocycles. The Labute approximate surface area is 156 Å². The molecular weight excluding hydrogens is 352 g/mol. The van der Waals surface area contributed by atoms with E-state index < -0.39 is 5.97 Å². The molecule has 0 fully saturated rings. The van der Waals surface area contributed by atoms with Gasteiger partial charge in [0.15, 0.2) is 6.61 Å². The van der Waals surface area contributed by atoms with Crippen LogP contribution in [0.15, 0.2) is 18.2 Å². The van der Waals surface area contributed by atoms with Crippen LogP contribution in [0, 0.1) is 19.8 Å². The van der Waals surface area contributed by atoms with Crippen molar-refractivity contribution in [2.24, 2.45) is 5.92 Å². The summed E-state index contributed by atoms with van der Waals surface area (Å²) in [5.41, 5.74) is 2.35. The van der Waals surface area contributed by atoms with E-state index in [9.17, 15) is 9.59 Å². The molecule has 1 aliphatic rings. The van der Waals surface area contributed by atoms with Crippen molar-refractivity contribution in [2.45, 2.75) is 27.7 Å². The lowest BCUT2D eigenvalue weighted by Gasteiger charge is -2.29. The number of nitrogens with zero attached hydrogens (tertiary/aromatic N) is 2. The maximum atomic E-state index is 12.3. The van der Waals surface area contributed by atoms with Crippen LogP contribution in [0.1, 0.15) is 23.7 Å². The normalized spacial score (nSPS) is 13.6. The van der Waals surface area contributed by atoms with E-state index in [4.69, 9.17) is 9.47 Å². The molecule has 0 radical (unpaired) electrons. The minimum absolute atomic E-state index is 0.0847. The number of carbonyl (C=O) groups is 2. The van der Waals surface area contributed by atoms with Crippen molar-refractivity contribution in [3.05, 3.63) is 28.1 Å². The van der Waals surface area contributed by atoms with Crippen LogP contribution in [0.2, 0.25) is 0 Å². The van der Waals surface area contributed by atoms with E-state index in [2.05, 4.69) is 4.98 Å². The molecule has 6 nitrogen and oxygen atoms in total. The van der Waals surface area contributed by atoms with Gasteiger partial charge < -0.3 is 9.47 Å². The van der Waals surface area contributed by atoms with E-state index in [0.717, 1.165) is 21.1 Å². The van der Waals surface area contributed by atoms with Gasteiger partial charge in [-0.05, 0) is 38.0 Å². The number of carbonyl (C=O) groups excluding carboxylic acids is 2. The first kappa shape index (κ1) is 18.4. The highest BCUT2D eigenvalue weighted by atomic mass is 32.1. The summed E-state index contributed by atoms with van der Waals surface area (Å²) in [6.45, 7) is 8.03. The Balaban J connectivity index is 1.89. The number of aryl methyl sites for hydroxylation is 2. The number of hydrogen-bond donors (Lipinski definition) is 0. The summed E-state index contributed by atoms with van der Waals surface area (Å²) >= 11 is 1.63. The Morgan fingerprint density at radius 3 is 2.81 bits per heavy atom. The molecule has 0 saturated carbocycles. The maximum absolute atomic E-state index is 12.3. The van der Waals surface area contributed by atoms with E-state index >= 15 is 0 Å². The zero-order chi connectivity index (χ0) is 18.8. The molecular formula is C19H22N2O4S. The Bertz CT molecular complexity index is 844. The molecule has 1 amide bonds. The number of aromatic nitrogens is 1. The second-order valence-electron chi connectivity index (χ2n) is 6.67. The van der Waals surface area contributed by atoms with Gasteiger partial charge in [-0.25, -0.2) is 4.98 Å². The van der Waals surface area contributed by atoms with Crippen LogP contribution < -0.4 is 9.64 Å². The van der Waals surface area contributed by atoms with Crippen LogP contribution in [0.5, 0.6) is 5.75 Å². The number of fused-ring (bicyclic) bond motifs is 1. The highest BCUT2D eigenvalue weighted by Gasteiger charge is 2.28. The van der Waals surface area contributed by atoms with Gasteiger partial charge in [-0.3, -0.25) is 14.5 Å². The van der Waals surface area contributed by atoms with Crippen LogP contribution in [0.3, 0.4) is 0 Å².